The van der Waals surface area contributed by atoms with Crippen LogP contribution in [0.3, 0.4) is 0 Å². The molecule has 0 spiro atoms. The van der Waals surface area contributed by atoms with Crippen molar-refractivity contribution in [2.45, 2.75) is 25.0 Å². The van der Waals surface area contributed by atoms with Crippen LogP contribution in [-0.2, 0) is 4.74 Å². The molecule has 0 aliphatic rings. The highest BCUT2D eigenvalue weighted by Gasteiger charge is 2.22. The van der Waals surface area contributed by atoms with Crippen LogP contribution in [0, 0.1) is 10.1 Å². The maximum Gasteiger partial charge on any atom is 0.233 e. The SMILES string of the molecule is C=CCC/C=C/C(OC(C[N+](=O)[O-])c1ccccc1)c1ccccc1. The van der Waals surface area contributed by atoms with Crippen LogP contribution in [0.5, 0.6) is 0 Å². The summed E-state index contributed by atoms with van der Waals surface area (Å²) in [6, 6.07) is 19.1. The monoisotopic (exact) mass is 337 g/mol. The lowest BCUT2D eigenvalue weighted by molar-refractivity contribution is -0.493. The second kappa shape index (κ2) is 10.2. The Balaban J connectivity index is 2.23. The first-order valence-corrected chi connectivity index (χ1v) is 8.35. The third kappa shape index (κ3) is 6.36. The minimum absolute atomic E-state index is 0.270. The molecule has 2 aromatic rings. The van der Waals surface area contributed by atoms with Gasteiger partial charge in [0.1, 0.15) is 12.2 Å². The molecule has 2 aromatic carbocycles. The van der Waals surface area contributed by atoms with Gasteiger partial charge in [0.25, 0.3) is 0 Å². The summed E-state index contributed by atoms with van der Waals surface area (Å²) in [5, 5.41) is 11.1. The van der Waals surface area contributed by atoms with Crippen molar-refractivity contribution in [2.24, 2.45) is 0 Å². The van der Waals surface area contributed by atoms with E-state index in [1.54, 1.807) is 0 Å². The third-order valence-corrected chi connectivity index (χ3v) is 3.77. The Morgan fingerprint density at radius 1 is 1.00 bits per heavy atom. The van der Waals surface area contributed by atoms with Gasteiger partial charge in [-0.05, 0) is 24.0 Å². The molecule has 4 nitrogen and oxygen atoms in total. The summed E-state index contributed by atoms with van der Waals surface area (Å²) in [6.45, 7) is 3.45. The van der Waals surface area contributed by atoms with Crippen LogP contribution in [0.2, 0.25) is 0 Å². The molecule has 0 N–H and O–H groups in total. The zero-order valence-electron chi connectivity index (χ0n) is 14.2. The number of hydrogen-bond acceptors (Lipinski definition) is 3. The average molecular weight is 337 g/mol. The van der Waals surface area contributed by atoms with Gasteiger partial charge >= 0.3 is 0 Å². The lowest BCUT2D eigenvalue weighted by Gasteiger charge is -2.21. The highest BCUT2D eigenvalue weighted by Crippen LogP contribution is 2.28. The first-order chi connectivity index (χ1) is 12.2. The highest BCUT2D eigenvalue weighted by molar-refractivity contribution is 5.23. The van der Waals surface area contributed by atoms with E-state index in [1.165, 1.54) is 0 Å². The molecule has 0 aliphatic heterocycles. The Kier molecular flexibility index (Phi) is 7.60. The molecule has 0 heterocycles. The van der Waals surface area contributed by atoms with Crippen molar-refractivity contribution in [3.63, 3.8) is 0 Å². The van der Waals surface area contributed by atoms with Crippen molar-refractivity contribution in [3.8, 4) is 0 Å². The average Bonchev–Trinajstić information content (AvgIpc) is 2.64. The number of rotatable bonds is 10. The number of ether oxygens (including phenoxy) is 1. The van der Waals surface area contributed by atoms with E-state index in [0.717, 1.165) is 24.0 Å². The molecule has 0 aromatic heterocycles. The molecule has 130 valence electrons. The Morgan fingerprint density at radius 3 is 2.16 bits per heavy atom. The number of nitro groups is 1. The van der Waals surface area contributed by atoms with Crippen molar-refractivity contribution in [1.82, 2.24) is 0 Å². The zero-order chi connectivity index (χ0) is 17.9. The smallest absolute Gasteiger partial charge is 0.233 e. The molecule has 4 heteroatoms. The van der Waals surface area contributed by atoms with Crippen molar-refractivity contribution in [2.75, 3.05) is 6.54 Å². The van der Waals surface area contributed by atoms with Gasteiger partial charge in [0.15, 0.2) is 0 Å². The van der Waals surface area contributed by atoms with E-state index in [-0.39, 0.29) is 17.6 Å². The van der Waals surface area contributed by atoms with E-state index in [0.29, 0.717) is 0 Å². The molecule has 2 atom stereocenters. The number of benzene rings is 2. The van der Waals surface area contributed by atoms with E-state index < -0.39 is 6.10 Å². The van der Waals surface area contributed by atoms with Crippen LogP contribution < -0.4 is 0 Å². The third-order valence-electron chi connectivity index (χ3n) is 3.77. The molecule has 0 fully saturated rings. The predicted octanol–water partition coefficient (Wildman–Crippen LogP) is 5.28. The summed E-state index contributed by atoms with van der Waals surface area (Å²) in [6.07, 6.45) is 6.67. The molecule has 0 saturated heterocycles. The predicted molar refractivity (Wildman–Crippen MR) is 99.9 cm³/mol. The lowest BCUT2D eigenvalue weighted by Crippen LogP contribution is -2.18. The fourth-order valence-corrected chi connectivity index (χ4v) is 2.52. The highest BCUT2D eigenvalue weighted by atomic mass is 16.6. The standard InChI is InChI=1S/C21H23NO3/c1-2-3-4-11-16-20(18-12-7-5-8-13-18)25-21(17-22(23)24)19-14-9-6-10-15-19/h2,5-16,20-21H,1,3-4,17H2/b16-11+. The normalized spacial score (nSPS) is 13.4. The van der Waals surface area contributed by atoms with E-state index in [2.05, 4.69) is 6.58 Å². The fraction of sp³-hybridized carbons (Fsp3) is 0.238. The molecule has 0 radical (unpaired) electrons. The maximum atomic E-state index is 11.1. The second-order valence-electron chi connectivity index (χ2n) is 5.68. The van der Waals surface area contributed by atoms with Crippen LogP contribution in [0.15, 0.2) is 85.5 Å². The summed E-state index contributed by atoms with van der Waals surface area (Å²) in [7, 11) is 0. The van der Waals surface area contributed by atoms with Crippen LogP contribution >= 0.6 is 0 Å². The van der Waals surface area contributed by atoms with E-state index >= 15 is 0 Å². The first kappa shape index (κ1) is 18.6. The number of hydrogen-bond donors (Lipinski definition) is 0. The number of allylic oxidation sites excluding steroid dienone is 2. The van der Waals surface area contributed by atoms with Crippen molar-refractivity contribution >= 4 is 0 Å². The zero-order valence-corrected chi connectivity index (χ0v) is 14.2. The summed E-state index contributed by atoms with van der Waals surface area (Å²) in [4.78, 5) is 10.8. The van der Waals surface area contributed by atoms with Crippen molar-refractivity contribution in [1.29, 1.82) is 0 Å². The molecule has 2 rings (SSSR count). The Labute approximate surface area is 148 Å². The van der Waals surface area contributed by atoms with Gasteiger partial charge in [0.05, 0.1) is 0 Å². The maximum absolute atomic E-state index is 11.1. The van der Waals surface area contributed by atoms with Gasteiger partial charge in [0, 0.05) is 4.92 Å². The van der Waals surface area contributed by atoms with E-state index in [4.69, 9.17) is 4.74 Å². The summed E-state index contributed by atoms with van der Waals surface area (Å²) in [5.41, 5.74) is 1.78. The summed E-state index contributed by atoms with van der Waals surface area (Å²) >= 11 is 0. The van der Waals surface area contributed by atoms with Crippen LogP contribution in [0.1, 0.15) is 36.2 Å². The molecular weight excluding hydrogens is 314 g/mol. The summed E-state index contributed by atoms with van der Waals surface area (Å²) in [5.74, 6) is 0. The van der Waals surface area contributed by atoms with Gasteiger partial charge in [-0.15, -0.1) is 6.58 Å². The Bertz CT molecular complexity index is 683. The van der Waals surface area contributed by atoms with Gasteiger partial charge in [0.2, 0.25) is 6.54 Å². The molecular formula is C21H23NO3. The summed E-state index contributed by atoms with van der Waals surface area (Å²) < 4.78 is 6.16. The molecule has 25 heavy (non-hydrogen) atoms. The molecule has 0 aliphatic carbocycles. The van der Waals surface area contributed by atoms with Gasteiger partial charge in [-0.3, -0.25) is 10.1 Å². The van der Waals surface area contributed by atoms with Crippen LogP contribution in [0.25, 0.3) is 0 Å². The molecule has 2 unspecified atom stereocenters. The second-order valence-corrected chi connectivity index (χ2v) is 5.68. The van der Waals surface area contributed by atoms with Crippen LogP contribution in [-0.4, -0.2) is 11.5 Å². The molecule has 0 bridgehead atoms. The van der Waals surface area contributed by atoms with Crippen molar-refractivity contribution < 1.29 is 9.66 Å². The minimum atomic E-state index is -0.606. The van der Waals surface area contributed by atoms with Gasteiger partial charge in [-0.1, -0.05) is 78.9 Å². The van der Waals surface area contributed by atoms with Crippen LogP contribution in [0.4, 0.5) is 0 Å². The first-order valence-electron chi connectivity index (χ1n) is 8.35. The quantitative estimate of drug-likeness (QED) is 0.256. The van der Waals surface area contributed by atoms with Gasteiger partial charge < -0.3 is 4.74 Å². The number of unbranched alkanes of at least 4 members (excludes halogenated alkanes) is 1. The Hall–Kier alpha value is -2.72. The molecule has 0 saturated carbocycles. The minimum Gasteiger partial charge on any atom is -0.355 e. The van der Waals surface area contributed by atoms with Gasteiger partial charge in [-0.25, -0.2) is 0 Å². The van der Waals surface area contributed by atoms with Crippen molar-refractivity contribution in [3.05, 3.63) is 107 Å². The largest absolute Gasteiger partial charge is 0.355 e. The number of nitrogens with zero attached hydrogens (tertiary/aromatic N) is 1. The lowest BCUT2D eigenvalue weighted by atomic mass is 10.1. The Morgan fingerprint density at radius 2 is 1.60 bits per heavy atom. The fourth-order valence-electron chi connectivity index (χ4n) is 2.52. The molecule has 0 amide bonds. The van der Waals surface area contributed by atoms with E-state index in [1.807, 2.05) is 78.9 Å². The van der Waals surface area contributed by atoms with E-state index in [9.17, 15) is 10.1 Å². The topological polar surface area (TPSA) is 52.4 Å². The van der Waals surface area contributed by atoms with Gasteiger partial charge in [-0.2, -0.15) is 0 Å².